The van der Waals surface area contributed by atoms with Gasteiger partial charge < -0.3 is 10.6 Å². The summed E-state index contributed by atoms with van der Waals surface area (Å²) in [5.41, 5.74) is -0.560. The van der Waals surface area contributed by atoms with Gasteiger partial charge in [0.15, 0.2) is 17.5 Å². The molecule has 24 heavy (non-hydrogen) atoms. The monoisotopic (exact) mass is 351 g/mol. The molecule has 0 aliphatic heterocycles. The van der Waals surface area contributed by atoms with E-state index >= 15 is 0 Å². The minimum Gasteiger partial charge on any atom is -0.358 e. The number of nitriles is 1. The molecule has 4 nitrogen and oxygen atoms in total. The van der Waals surface area contributed by atoms with Crippen LogP contribution in [0.2, 0.25) is 5.02 Å². The average molecular weight is 352 g/mol. The van der Waals surface area contributed by atoms with Gasteiger partial charge in [0, 0.05) is 6.20 Å². The third-order valence-electron chi connectivity index (χ3n) is 2.89. The summed E-state index contributed by atoms with van der Waals surface area (Å²) in [6, 6.07) is 9.62. The van der Waals surface area contributed by atoms with Crippen molar-refractivity contribution in [3.8, 4) is 6.07 Å². The van der Waals surface area contributed by atoms with Gasteiger partial charge in [-0.25, -0.2) is 13.2 Å². The van der Waals surface area contributed by atoms with Crippen molar-refractivity contribution < 1.29 is 18.0 Å². The Kier molecular flexibility index (Phi) is 5.45. The van der Waals surface area contributed by atoms with E-state index in [0.29, 0.717) is 6.07 Å². The molecule has 0 saturated heterocycles. The van der Waals surface area contributed by atoms with E-state index in [2.05, 4.69) is 10.6 Å². The van der Waals surface area contributed by atoms with Gasteiger partial charge in [-0.3, -0.25) is 4.79 Å². The molecule has 2 aromatic rings. The Labute approximate surface area is 140 Å². The van der Waals surface area contributed by atoms with Crippen LogP contribution in [-0.2, 0) is 4.79 Å². The van der Waals surface area contributed by atoms with Crippen molar-refractivity contribution >= 4 is 28.9 Å². The topological polar surface area (TPSA) is 64.9 Å². The summed E-state index contributed by atoms with van der Waals surface area (Å²) >= 11 is 5.88. The Morgan fingerprint density at radius 1 is 1.08 bits per heavy atom. The number of carbonyl (C=O) groups is 1. The summed E-state index contributed by atoms with van der Waals surface area (Å²) in [5.74, 6) is -5.28. The fraction of sp³-hybridized carbons (Fsp3) is 0. The van der Waals surface area contributed by atoms with Crippen molar-refractivity contribution in [2.24, 2.45) is 0 Å². The van der Waals surface area contributed by atoms with Crippen LogP contribution >= 0.6 is 11.6 Å². The quantitative estimate of drug-likeness (QED) is 0.492. The lowest BCUT2D eigenvalue weighted by molar-refractivity contribution is -0.112. The largest absolute Gasteiger partial charge is 0.358 e. The first-order valence-corrected chi connectivity index (χ1v) is 6.88. The molecule has 0 heterocycles. The van der Waals surface area contributed by atoms with E-state index < -0.39 is 34.6 Å². The van der Waals surface area contributed by atoms with Gasteiger partial charge in [-0.05, 0) is 24.3 Å². The van der Waals surface area contributed by atoms with Gasteiger partial charge in [-0.15, -0.1) is 0 Å². The molecule has 2 rings (SSSR count). The molecular formula is C16H9ClF3N3O. The summed E-state index contributed by atoms with van der Waals surface area (Å²) in [6.07, 6.45) is 0.877. The Bertz CT molecular complexity index is 862. The molecule has 0 fully saturated rings. The molecule has 8 heteroatoms. The number of carbonyl (C=O) groups excluding carboxylic acids is 1. The molecular weight excluding hydrogens is 343 g/mol. The van der Waals surface area contributed by atoms with Gasteiger partial charge in [0.05, 0.1) is 16.4 Å². The van der Waals surface area contributed by atoms with Crippen LogP contribution in [0.5, 0.6) is 0 Å². The van der Waals surface area contributed by atoms with E-state index in [1.807, 2.05) is 0 Å². The zero-order valence-corrected chi connectivity index (χ0v) is 12.7. The highest BCUT2D eigenvalue weighted by atomic mass is 35.5. The second-order valence-corrected chi connectivity index (χ2v) is 4.88. The fourth-order valence-electron chi connectivity index (χ4n) is 1.69. The zero-order valence-electron chi connectivity index (χ0n) is 11.9. The van der Waals surface area contributed by atoms with Gasteiger partial charge in [0.1, 0.15) is 11.6 Å². The summed E-state index contributed by atoms with van der Waals surface area (Å²) < 4.78 is 39.5. The third kappa shape index (κ3) is 3.86. The first kappa shape index (κ1) is 17.4. The molecule has 0 aliphatic carbocycles. The molecule has 122 valence electrons. The predicted molar refractivity (Wildman–Crippen MR) is 83.7 cm³/mol. The zero-order chi connectivity index (χ0) is 17.7. The average Bonchev–Trinajstić information content (AvgIpc) is 2.57. The van der Waals surface area contributed by atoms with Gasteiger partial charge in [-0.1, -0.05) is 23.7 Å². The van der Waals surface area contributed by atoms with Crippen molar-refractivity contribution in [2.45, 2.75) is 0 Å². The summed E-state index contributed by atoms with van der Waals surface area (Å²) in [4.78, 5) is 12.0. The lowest BCUT2D eigenvalue weighted by atomic mass is 10.2. The molecule has 0 bridgehead atoms. The van der Waals surface area contributed by atoms with Crippen LogP contribution in [0.25, 0.3) is 0 Å². The number of para-hydroxylation sites is 1. The standard InChI is InChI=1S/C16H9ClF3N3O/c17-10-3-1-2-4-12(10)23-16(24)9(7-21)8-22-13-6-5-11(18)14(19)15(13)20/h1-6,8,22H,(H,23,24)/b9-8-. The molecule has 0 unspecified atom stereocenters. The van der Waals surface area contributed by atoms with E-state index in [-0.39, 0.29) is 10.7 Å². The minimum atomic E-state index is -1.66. The second-order valence-electron chi connectivity index (χ2n) is 4.47. The van der Waals surface area contributed by atoms with E-state index in [9.17, 15) is 18.0 Å². The smallest absolute Gasteiger partial charge is 0.267 e. The number of benzene rings is 2. The molecule has 2 N–H and O–H groups in total. The number of anilines is 2. The lowest BCUT2D eigenvalue weighted by Crippen LogP contribution is -2.15. The number of rotatable bonds is 4. The van der Waals surface area contributed by atoms with Crippen LogP contribution in [0.3, 0.4) is 0 Å². The molecule has 0 radical (unpaired) electrons. The molecule has 0 saturated carbocycles. The highest BCUT2D eigenvalue weighted by molar-refractivity contribution is 6.33. The highest BCUT2D eigenvalue weighted by Crippen LogP contribution is 2.22. The van der Waals surface area contributed by atoms with Crippen LogP contribution < -0.4 is 10.6 Å². The number of hydrogen-bond acceptors (Lipinski definition) is 3. The Morgan fingerprint density at radius 3 is 2.46 bits per heavy atom. The molecule has 0 atom stereocenters. The van der Waals surface area contributed by atoms with Gasteiger partial charge >= 0.3 is 0 Å². The van der Waals surface area contributed by atoms with Crippen LogP contribution in [-0.4, -0.2) is 5.91 Å². The second kappa shape index (κ2) is 7.53. The van der Waals surface area contributed by atoms with Crippen molar-refractivity contribution in [3.05, 3.63) is 70.6 Å². The number of halogens is 4. The van der Waals surface area contributed by atoms with E-state index in [0.717, 1.165) is 12.3 Å². The Morgan fingerprint density at radius 2 is 1.79 bits per heavy atom. The summed E-state index contributed by atoms with van der Waals surface area (Å²) in [6.45, 7) is 0. The van der Waals surface area contributed by atoms with Crippen molar-refractivity contribution in [3.63, 3.8) is 0 Å². The number of nitrogens with zero attached hydrogens (tertiary/aromatic N) is 1. The fourth-order valence-corrected chi connectivity index (χ4v) is 1.87. The van der Waals surface area contributed by atoms with Gasteiger partial charge in [0.2, 0.25) is 0 Å². The minimum absolute atomic E-state index is 0.266. The molecule has 2 aromatic carbocycles. The first-order chi connectivity index (χ1) is 11.4. The van der Waals surface area contributed by atoms with Gasteiger partial charge in [-0.2, -0.15) is 5.26 Å². The van der Waals surface area contributed by atoms with Crippen molar-refractivity contribution in [1.82, 2.24) is 0 Å². The maximum absolute atomic E-state index is 13.5. The van der Waals surface area contributed by atoms with Crippen LogP contribution in [0, 0.1) is 28.8 Å². The first-order valence-electron chi connectivity index (χ1n) is 6.50. The maximum Gasteiger partial charge on any atom is 0.267 e. The Hall–Kier alpha value is -2.98. The van der Waals surface area contributed by atoms with Crippen molar-refractivity contribution in [2.75, 3.05) is 10.6 Å². The Balaban J connectivity index is 2.18. The van der Waals surface area contributed by atoms with E-state index in [4.69, 9.17) is 16.9 Å². The molecule has 0 aromatic heterocycles. The molecule has 0 aliphatic rings. The highest BCUT2D eigenvalue weighted by Gasteiger charge is 2.14. The van der Waals surface area contributed by atoms with Crippen molar-refractivity contribution in [1.29, 1.82) is 5.26 Å². The number of nitrogens with one attached hydrogen (secondary N) is 2. The summed E-state index contributed by atoms with van der Waals surface area (Å²) in [5, 5.41) is 13.9. The number of hydrogen-bond donors (Lipinski definition) is 2. The maximum atomic E-state index is 13.5. The third-order valence-corrected chi connectivity index (χ3v) is 3.22. The van der Waals surface area contributed by atoms with Crippen LogP contribution in [0.1, 0.15) is 0 Å². The lowest BCUT2D eigenvalue weighted by Gasteiger charge is -2.07. The van der Waals surface area contributed by atoms with E-state index in [1.54, 1.807) is 24.3 Å². The SMILES string of the molecule is N#C/C(=C/Nc1ccc(F)c(F)c1F)C(=O)Nc1ccccc1Cl. The van der Waals surface area contributed by atoms with E-state index in [1.165, 1.54) is 6.07 Å². The summed E-state index contributed by atoms with van der Waals surface area (Å²) in [7, 11) is 0. The van der Waals surface area contributed by atoms with Crippen LogP contribution in [0.4, 0.5) is 24.5 Å². The van der Waals surface area contributed by atoms with Gasteiger partial charge in [0.25, 0.3) is 5.91 Å². The predicted octanol–water partition coefficient (Wildman–Crippen LogP) is 4.22. The molecule has 0 spiro atoms. The van der Waals surface area contributed by atoms with Crippen LogP contribution in [0.15, 0.2) is 48.2 Å². The molecule has 1 amide bonds. The normalized spacial score (nSPS) is 10.9. The number of amides is 1.